The van der Waals surface area contributed by atoms with Crippen molar-refractivity contribution in [2.75, 3.05) is 10.6 Å². The summed E-state index contributed by atoms with van der Waals surface area (Å²) < 4.78 is 6.74. The van der Waals surface area contributed by atoms with Crippen LogP contribution in [0.15, 0.2) is 48.5 Å². The van der Waals surface area contributed by atoms with E-state index in [0.29, 0.717) is 16.5 Å². The maximum Gasteiger partial charge on any atom is 0.324 e. The van der Waals surface area contributed by atoms with Gasteiger partial charge in [-0.2, -0.15) is 5.10 Å². The first-order valence-electron chi connectivity index (χ1n) is 10.2. The van der Waals surface area contributed by atoms with Gasteiger partial charge in [0.1, 0.15) is 12.4 Å². The largest absolute Gasteiger partial charge is 0.461 e. The number of nitrogens with zero attached hydrogens (tertiary/aromatic N) is 2. The van der Waals surface area contributed by atoms with E-state index >= 15 is 0 Å². The van der Waals surface area contributed by atoms with Crippen molar-refractivity contribution in [2.45, 2.75) is 39.7 Å². The Morgan fingerprint density at radius 3 is 2.62 bits per heavy atom. The molecule has 2 N–H and O–H groups in total. The van der Waals surface area contributed by atoms with Gasteiger partial charge in [0.05, 0.1) is 27.1 Å². The van der Waals surface area contributed by atoms with Crippen molar-refractivity contribution in [1.29, 1.82) is 0 Å². The van der Waals surface area contributed by atoms with Crippen molar-refractivity contribution in [3.63, 3.8) is 0 Å². The summed E-state index contributed by atoms with van der Waals surface area (Å²) in [5.41, 5.74) is 2.79. The zero-order chi connectivity index (χ0) is 23.1. The Bertz CT molecular complexity index is 1110. The Morgan fingerprint density at radius 2 is 1.88 bits per heavy atom. The van der Waals surface area contributed by atoms with Gasteiger partial charge in [0.25, 0.3) is 0 Å². The van der Waals surface area contributed by atoms with E-state index in [4.69, 9.17) is 27.9 Å². The van der Waals surface area contributed by atoms with Crippen molar-refractivity contribution in [3.05, 3.63) is 69.8 Å². The minimum atomic E-state index is -0.478. The minimum absolute atomic E-state index is 0.156. The smallest absolute Gasteiger partial charge is 0.324 e. The van der Waals surface area contributed by atoms with Crippen LogP contribution in [0, 0.1) is 0 Å². The zero-order valence-corrected chi connectivity index (χ0v) is 19.3. The Kier molecular flexibility index (Phi) is 8.14. The van der Waals surface area contributed by atoms with Crippen LogP contribution in [0.25, 0.3) is 5.69 Å². The lowest BCUT2D eigenvalue weighted by Gasteiger charge is -2.12. The number of benzene rings is 2. The van der Waals surface area contributed by atoms with Gasteiger partial charge in [-0.1, -0.05) is 54.7 Å². The predicted octanol–water partition coefficient (Wildman–Crippen LogP) is 6.23. The van der Waals surface area contributed by atoms with E-state index < -0.39 is 6.03 Å². The fraction of sp³-hybridized carbons (Fsp3) is 0.261. The van der Waals surface area contributed by atoms with Gasteiger partial charge in [-0.25, -0.2) is 9.48 Å². The molecule has 1 heterocycles. The first-order chi connectivity index (χ1) is 15.4. The highest BCUT2D eigenvalue weighted by molar-refractivity contribution is 6.44. The van der Waals surface area contributed by atoms with Gasteiger partial charge in [0, 0.05) is 13.0 Å². The molecule has 0 atom stereocenters. The van der Waals surface area contributed by atoms with Crippen LogP contribution in [-0.4, -0.2) is 21.8 Å². The van der Waals surface area contributed by atoms with E-state index in [1.165, 1.54) is 6.92 Å². The van der Waals surface area contributed by atoms with Crippen LogP contribution in [0.3, 0.4) is 0 Å². The second kappa shape index (κ2) is 11.0. The Balaban J connectivity index is 1.86. The van der Waals surface area contributed by atoms with Crippen molar-refractivity contribution in [2.24, 2.45) is 0 Å². The van der Waals surface area contributed by atoms with Crippen LogP contribution in [0.5, 0.6) is 0 Å². The number of carbonyl (C=O) groups excluding carboxylic acids is 2. The molecule has 0 spiro atoms. The molecule has 0 fully saturated rings. The van der Waals surface area contributed by atoms with Gasteiger partial charge >= 0.3 is 12.0 Å². The average Bonchev–Trinajstić information content (AvgIpc) is 3.16. The fourth-order valence-corrected chi connectivity index (χ4v) is 3.38. The molecule has 0 aliphatic heterocycles. The Labute approximate surface area is 196 Å². The second-order valence-electron chi connectivity index (χ2n) is 7.17. The number of esters is 1. The van der Waals surface area contributed by atoms with Crippen LogP contribution in [0.1, 0.15) is 37.9 Å². The average molecular weight is 475 g/mol. The van der Waals surface area contributed by atoms with Gasteiger partial charge < -0.3 is 10.1 Å². The van der Waals surface area contributed by atoms with E-state index in [9.17, 15) is 9.59 Å². The molecule has 3 rings (SSSR count). The van der Waals surface area contributed by atoms with E-state index in [-0.39, 0.29) is 17.6 Å². The number of ether oxygens (including phenoxy) is 1. The summed E-state index contributed by atoms with van der Waals surface area (Å²) in [5.74, 6) is 0.145. The summed E-state index contributed by atoms with van der Waals surface area (Å²) in [6, 6.07) is 13.8. The molecule has 7 nitrogen and oxygen atoms in total. The third-order valence-corrected chi connectivity index (χ3v) is 5.40. The number of aromatic nitrogens is 2. The molecule has 0 unspecified atom stereocenters. The number of rotatable bonds is 8. The van der Waals surface area contributed by atoms with Crippen LogP contribution in [0.4, 0.5) is 16.3 Å². The number of amides is 2. The summed E-state index contributed by atoms with van der Waals surface area (Å²) in [4.78, 5) is 23.8. The molecule has 3 aromatic rings. The van der Waals surface area contributed by atoms with Crippen LogP contribution < -0.4 is 10.6 Å². The van der Waals surface area contributed by atoms with Crippen molar-refractivity contribution in [3.8, 4) is 5.69 Å². The highest BCUT2D eigenvalue weighted by atomic mass is 35.5. The maximum atomic E-state index is 12.7. The number of aryl methyl sites for hydroxylation is 1. The zero-order valence-electron chi connectivity index (χ0n) is 17.8. The Hall–Kier alpha value is -3.03. The SMILES string of the molecule is CCCCc1cc(NC(=O)Nc2cccc(Cl)c2Cl)n(-c2cccc(COC(C)=O)c2)n1. The number of anilines is 2. The molecule has 0 saturated carbocycles. The molecule has 9 heteroatoms. The van der Waals surface area contributed by atoms with E-state index in [1.54, 1.807) is 22.9 Å². The van der Waals surface area contributed by atoms with Crippen LogP contribution in [0.2, 0.25) is 10.0 Å². The maximum absolute atomic E-state index is 12.7. The fourth-order valence-electron chi connectivity index (χ4n) is 3.03. The van der Waals surface area contributed by atoms with Crippen LogP contribution in [-0.2, 0) is 22.6 Å². The van der Waals surface area contributed by atoms with Gasteiger partial charge in [0.2, 0.25) is 0 Å². The second-order valence-corrected chi connectivity index (χ2v) is 7.95. The molecule has 2 amide bonds. The van der Waals surface area contributed by atoms with Crippen molar-refractivity contribution in [1.82, 2.24) is 9.78 Å². The number of urea groups is 1. The molecule has 168 valence electrons. The summed E-state index contributed by atoms with van der Waals surface area (Å²) in [7, 11) is 0. The number of nitrogens with one attached hydrogen (secondary N) is 2. The van der Waals surface area contributed by atoms with E-state index in [2.05, 4.69) is 22.7 Å². The summed E-state index contributed by atoms with van der Waals surface area (Å²) in [5, 5.41) is 10.8. The molecular formula is C23H24Cl2N4O3. The molecule has 0 radical (unpaired) electrons. The van der Waals surface area contributed by atoms with Gasteiger partial charge in [0.15, 0.2) is 0 Å². The molecule has 0 aliphatic carbocycles. The lowest BCUT2D eigenvalue weighted by molar-refractivity contribution is -0.142. The third-order valence-electron chi connectivity index (χ3n) is 4.59. The summed E-state index contributed by atoms with van der Waals surface area (Å²) in [6.07, 6.45) is 2.79. The lowest BCUT2D eigenvalue weighted by Crippen LogP contribution is -2.21. The first-order valence-corrected chi connectivity index (χ1v) is 11.0. The molecule has 32 heavy (non-hydrogen) atoms. The quantitative estimate of drug-likeness (QED) is 0.379. The standard InChI is InChI=1S/C23H24Cl2N4O3/c1-3-4-8-17-13-21(27-23(31)26-20-11-6-10-19(24)22(20)25)29(28-17)18-9-5-7-16(12-18)14-32-15(2)30/h5-7,9-13H,3-4,8,14H2,1-2H3,(H2,26,27,31). The van der Waals surface area contributed by atoms with E-state index in [0.717, 1.165) is 36.2 Å². The molecule has 0 saturated heterocycles. The van der Waals surface area contributed by atoms with Crippen molar-refractivity contribution < 1.29 is 14.3 Å². The van der Waals surface area contributed by atoms with Crippen molar-refractivity contribution >= 4 is 46.7 Å². The molecule has 1 aromatic heterocycles. The Morgan fingerprint density at radius 1 is 1.09 bits per heavy atom. The minimum Gasteiger partial charge on any atom is -0.461 e. The lowest BCUT2D eigenvalue weighted by atomic mass is 10.2. The molecule has 0 aliphatic rings. The topological polar surface area (TPSA) is 85.3 Å². The first kappa shape index (κ1) is 23.6. The van der Waals surface area contributed by atoms with Gasteiger partial charge in [-0.05, 0) is 42.7 Å². The predicted molar refractivity (Wildman–Crippen MR) is 127 cm³/mol. The number of hydrogen-bond donors (Lipinski definition) is 2. The number of carbonyl (C=O) groups is 2. The highest BCUT2D eigenvalue weighted by Gasteiger charge is 2.15. The third kappa shape index (κ3) is 6.24. The van der Waals surface area contributed by atoms with Gasteiger partial charge in [-0.15, -0.1) is 0 Å². The monoisotopic (exact) mass is 474 g/mol. The summed E-state index contributed by atoms with van der Waals surface area (Å²) >= 11 is 12.2. The summed E-state index contributed by atoms with van der Waals surface area (Å²) in [6.45, 7) is 3.63. The molecule has 0 bridgehead atoms. The molecular weight excluding hydrogens is 451 g/mol. The molecule has 2 aromatic carbocycles. The number of unbranched alkanes of at least 4 members (excludes halogenated alkanes) is 1. The van der Waals surface area contributed by atoms with Gasteiger partial charge in [-0.3, -0.25) is 10.1 Å². The highest BCUT2D eigenvalue weighted by Crippen LogP contribution is 2.29. The normalized spacial score (nSPS) is 10.6. The number of halogens is 2. The number of hydrogen-bond acceptors (Lipinski definition) is 4. The van der Waals surface area contributed by atoms with E-state index in [1.807, 2.05) is 30.3 Å². The van der Waals surface area contributed by atoms with Crippen LogP contribution >= 0.6 is 23.2 Å².